The van der Waals surface area contributed by atoms with Crippen LogP contribution in [-0.2, 0) is 6.54 Å². The summed E-state index contributed by atoms with van der Waals surface area (Å²) in [7, 11) is 3.98. The minimum Gasteiger partial charge on any atom is -0.373 e. The number of pyridine rings is 1. The largest absolute Gasteiger partial charge is 0.373 e. The van der Waals surface area contributed by atoms with Crippen molar-refractivity contribution < 1.29 is 0 Å². The first kappa shape index (κ1) is 9.99. The van der Waals surface area contributed by atoms with Gasteiger partial charge in [0.1, 0.15) is 5.82 Å². The Morgan fingerprint density at radius 2 is 2.23 bits per heavy atom. The Labute approximate surface area is 79.8 Å². The van der Waals surface area contributed by atoms with Gasteiger partial charge in [-0.05, 0) is 25.2 Å². The monoisotopic (exact) mass is 179 g/mol. The molecule has 0 aliphatic heterocycles. The number of anilines is 1. The molecule has 0 fully saturated rings. The van der Waals surface area contributed by atoms with E-state index in [0.29, 0.717) is 0 Å². The lowest BCUT2D eigenvalue weighted by Gasteiger charge is -2.13. The lowest BCUT2D eigenvalue weighted by Crippen LogP contribution is -2.16. The van der Waals surface area contributed by atoms with Crippen molar-refractivity contribution in [1.82, 2.24) is 9.88 Å². The Balaban J connectivity index is 2.58. The van der Waals surface area contributed by atoms with E-state index < -0.39 is 0 Å². The van der Waals surface area contributed by atoms with Crippen LogP contribution >= 0.6 is 0 Å². The Kier molecular flexibility index (Phi) is 3.71. The van der Waals surface area contributed by atoms with E-state index in [1.807, 2.05) is 19.3 Å². The predicted octanol–water partition coefficient (Wildman–Crippen LogP) is 1.57. The molecule has 0 aliphatic rings. The second kappa shape index (κ2) is 4.82. The fraction of sp³-hybridized carbons (Fsp3) is 0.500. The number of hydrogen-bond acceptors (Lipinski definition) is 3. The quantitative estimate of drug-likeness (QED) is 0.760. The molecule has 0 spiro atoms. The summed E-state index contributed by atoms with van der Waals surface area (Å²) in [6, 6.07) is 4.10. The topological polar surface area (TPSA) is 28.2 Å². The molecule has 1 heterocycles. The van der Waals surface area contributed by atoms with Gasteiger partial charge in [-0.2, -0.15) is 0 Å². The Morgan fingerprint density at radius 1 is 1.46 bits per heavy atom. The lowest BCUT2D eigenvalue weighted by molar-refractivity contribution is 0.345. The zero-order valence-electron chi connectivity index (χ0n) is 8.54. The Morgan fingerprint density at radius 3 is 2.69 bits per heavy atom. The molecule has 1 rings (SSSR count). The second-order valence-corrected chi connectivity index (χ2v) is 3.13. The van der Waals surface area contributed by atoms with E-state index in [2.05, 4.69) is 35.2 Å². The molecule has 1 aromatic rings. The van der Waals surface area contributed by atoms with E-state index in [1.54, 1.807) is 0 Å². The van der Waals surface area contributed by atoms with Crippen LogP contribution in [0.4, 0.5) is 5.82 Å². The predicted molar refractivity (Wildman–Crippen MR) is 55.8 cm³/mol. The molecule has 3 nitrogen and oxygen atoms in total. The standard InChI is InChI=1S/C10H17N3/c1-4-13(3)8-9-5-6-10(11-2)12-7-9/h5-7H,4,8H2,1-3H3,(H,11,12). The zero-order chi connectivity index (χ0) is 9.68. The molecule has 0 bridgehead atoms. The molecule has 1 aromatic heterocycles. The van der Waals surface area contributed by atoms with Gasteiger partial charge in [0.15, 0.2) is 0 Å². The normalized spacial score (nSPS) is 10.5. The van der Waals surface area contributed by atoms with Gasteiger partial charge in [-0.3, -0.25) is 0 Å². The molecule has 0 amide bonds. The SMILES string of the molecule is CCN(C)Cc1ccc(NC)nc1. The summed E-state index contributed by atoms with van der Waals surface area (Å²) in [6.45, 7) is 4.18. The molecule has 3 heteroatoms. The molecular formula is C10H17N3. The van der Waals surface area contributed by atoms with Gasteiger partial charge < -0.3 is 10.2 Å². The van der Waals surface area contributed by atoms with Gasteiger partial charge in [-0.1, -0.05) is 13.0 Å². The molecule has 13 heavy (non-hydrogen) atoms. The van der Waals surface area contributed by atoms with Crippen molar-refractivity contribution in [3.8, 4) is 0 Å². The van der Waals surface area contributed by atoms with Crippen molar-refractivity contribution in [2.75, 3.05) is 26.0 Å². The van der Waals surface area contributed by atoms with Crippen LogP contribution in [0.1, 0.15) is 12.5 Å². The minimum atomic E-state index is 0.919. The van der Waals surface area contributed by atoms with Crippen molar-refractivity contribution in [2.24, 2.45) is 0 Å². The summed E-state index contributed by atoms with van der Waals surface area (Å²) in [4.78, 5) is 6.49. The maximum absolute atomic E-state index is 4.25. The summed E-state index contributed by atoms with van der Waals surface area (Å²) >= 11 is 0. The summed E-state index contributed by atoms with van der Waals surface area (Å²) in [5, 5.41) is 3.00. The average molecular weight is 179 g/mol. The summed E-state index contributed by atoms with van der Waals surface area (Å²) < 4.78 is 0. The van der Waals surface area contributed by atoms with E-state index >= 15 is 0 Å². The van der Waals surface area contributed by atoms with Crippen LogP contribution in [0.2, 0.25) is 0 Å². The summed E-state index contributed by atoms with van der Waals surface area (Å²) in [6.07, 6.45) is 1.91. The zero-order valence-corrected chi connectivity index (χ0v) is 8.54. The summed E-state index contributed by atoms with van der Waals surface area (Å²) in [5.74, 6) is 0.919. The van der Waals surface area contributed by atoms with Crippen LogP contribution in [-0.4, -0.2) is 30.5 Å². The van der Waals surface area contributed by atoms with E-state index in [0.717, 1.165) is 18.9 Å². The highest BCUT2D eigenvalue weighted by molar-refractivity contribution is 5.34. The first-order valence-corrected chi connectivity index (χ1v) is 4.57. The molecule has 0 atom stereocenters. The summed E-state index contributed by atoms with van der Waals surface area (Å²) in [5.41, 5.74) is 1.25. The maximum Gasteiger partial charge on any atom is 0.125 e. The van der Waals surface area contributed by atoms with E-state index in [4.69, 9.17) is 0 Å². The molecule has 0 radical (unpaired) electrons. The van der Waals surface area contributed by atoms with Gasteiger partial charge in [-0.25, -0.2) is 4.98 Å². The van der Waals surface area contributed by atoms with Gasteiger partial charge in [0.2, 0.25) is 0 Å². The van der Waals surface area contributed by atoms with Gasteiger partial charge in [0.05, 0.1) is 0 Å². The third kappa shape index (κ3) is 3.03. The van der Waals surface area contributed by atoms with Crippen molar-refractivity contribution in [2.45, 2.75) is 13.5 Å². The fourth-order valence-electron chi connectivity index (χ4n) is 1.09. The molecule has 0 aliphatic carbocycles. The Hall–Kier alpha value is -1.09. The van der Waals surface area contributed by atoms with Crippen molar-refractivity contribution in [3.05, 3.63) is 23.9 Å². The third-order valence-corrected chi connectivity index (χ3v) is 2.07. The molecular weight excluding hydrogens is 162 g/mol. The number of nitrogens with zero attached hydrogens (tertiary/aromatic N) is 2. The van der Waals surface area contributed by atoms with Crippen molar-refractivity contribution in [1.29, 1.82) is 0 Å². The van der Waals surface area contributed by atoms with Gasteiger partial charge in [0.25, 0.3) is 0 Å². The third-order valence-electron chi connectivity index (χ3n) is 2.07. The minimum absolute atomic E-state index is 0.919. The van der Waals surface area contributed by atoms with Crippen LogP contribution in [0.5, 0.6) is 0 Å². The van der Waals surface area contributed by atoms with E-state index in [1.165, 1.54) is 5.56 Å². The highest BCUT2D eigenvalue weighted by atomic mass is 15.1. The van der Waals surface area contributed by atoms with Gasteiger partial charge >= 0.3 is 0 Å². The molecule has 0 aromatic carbocycles. The Bertz CT molecular complexity index is 243. The highest BCUT2D eigenvalue weighted by Gasteiger charge is 1.97. The van der Waals surface area contributed by atoms with Crippen LogP contribution in [0.15, 0.2) is 18.3 Å². The second-order valence-electron chi connectivity index (χ2n) is 3.13. The fourth-order valence-corrected chi connectivity index (χ4v) is 1.09. The van der Waals surface area contributed by atoms with E-state index in [-0.39, 0.29) is 0 Å². The van der Waals surface area contributed by atoms with Crippen molar-refractivity contribution >= 4 is 5.82 Å². The van der Waals surface area contributed by atoms with Crippen LogP contribution in [0.25, 0.3) is 0 Å². The van der Waals surface area contributed by atoms with Crippen LogP contribution in [0.3, 0.4) is 0 Å². The van der Waals surface area contributed by atoms with Gasteiger partial charge in [0, 0.05) is 19.8 Å². The lowest BCUT2D eigenvalue weighted by atomic mass is 10.2. The average Bonchev–Trinajstić information content (AvgIpc) is 2.19. The van der Waals surface area contributed by atoms with E-state index in [9.17, 15) is 0 Å². The number of nitrogens with one attached hydrogen (secondary N) is 1. The van der Waals surface area contributed by atoms with Gasteiger partial charge in [-0.15, -0.1) is 0 Å². The van der Waals surface area contributed by atoms with Crippen LogP contribution in [0, 0.1) is 0 Å². The van der Waals surface area contributed by atoms with Crippen molar-refractivity contribution in [3.63, 3.8) is 0 Å². The molecule has 0 saturated heterocycles. The molecule has 72 valence electrons. The highest BCUT2D eigenvalue weighted by Crippen LogP contribution is 2.05. The maximum atomic E-state index is 4.25. The first-order chi connectivity index (χ1) is 6.26. The first-order valence-electron chi connectivity index (χ1n) is 4.57. The number of aromatic nitrogens is 1. The smallest absolute Gasteiger partial charge is 0.125 e. The molecule has 0 unspecified atom stereocenters. The number of hydrogen-bond donors (Lipinski definition) is 1. The van der Waals surface area contributed by atoms with Crippen LogP contribution < -0.4 is 5.32 Å². The molecule has 0 saturated carbocycles. The number of rotatable bonds is 4. The molecule has 1 N–H and O–H groups in total.